The molecule has 3 aromatic rings. The Morgan fingerprint density at radius 2 is 0.694 bits per heavy atom. The summed E-state index contributed by atoms with van der Waals surface area (Å²) in [6.45, 7) is 6.58. The van der Waals surface area contributed by atoms with Gasteiger partial charge in [-0.15, -0.1) is 0 Å². The number of aliphatic hydroxyl groups is 10. The molecule has 3 aromatic carbocycles. The minimum Gasteiger partial charge on any atom is -0.469 e. The third-order valence-corrected chi connectivity index (χ3v) is 19.7. The minimum atomic E-state index is -1.99. The predicted octanol–water partition coefficient (Wildman–Crippen LogP) is 0.122. The molecule has 6 aliphatic rings. The number of carbonyl (C=O) groups is 4. The normalized spacial score (nSPS) is 39.8. The summed E-state index contributed by atoms with van der Waals surface area (Å²) in [6, 6.07) is 24.2. The molecule has 6 saturated heterocycles. The van der Waals surface area contributed by atoms with Crippen LogP contribution in [0.1, 0.15) is 85.5 Å². The van der Waals surface area contributed by atoms with Crippen molar-refractivity contribution in [1.29, 1.82) is 0 Å². The zero-order valence-electron chi connectivity index (χ0n) is 55.5. The van der Waals surface area contributed by atoms with E-state index in [-0.39, 0.29) is 42.1 Å². The van der Waals surface area contributed by atoms with Gasteiger partial charge in [0, 0.05) is 24.2 Å². The molecule has 0 aliphatic carbocycles. The lowest BCUT2D eigenvalue weighted by molar-refractivity contribution is -0.387. The highest BCUT2D eigenvalue weighted by Crippen LogP contribution is 2.41. The first kappa shape index (κ1) is 76.8. The van der Waals surface area contributed by atoms with Gasteiger partial charge in [0.25, 0.3) is 0 Å². The molecule has 0 saturated carbocycles. The Labute approximate surface area is 566 Å². The molecule has 30 nitrogen and oxygen atoms in total. The van der Waals surface area contributed by atoms with Crippen LogP contribution in [-0.2, 0) is 80.6 Å². The Bertz CT molecular complexity index is 2960. The smallest absolute Gasteiger partial charge is 0.338 e. The summed E-state index contributed by atoms with van der Waals surface area (Å²) in [5.74, 6) is -6.01. The zero-order valence-corrected chi connectivity index (χ0v) is 55.5. The molecule has 6 aliphatic heterocycles. The Morgan fingerprint density at radius 1 is 0.357 bits per heavy atom. The van der Waals surface area contributed by atoms with Gasteiger partial charge in [0.05, 0.1) is 88.4 Å². The number of hydrogen-bond donors (Lipinski definition) is 10. The molecule has 546 valence electrons. The van der Waals surface area contributed by atoms with E-state index in [4.69, 9.17) is 75.8 Å². The van der Waals surface area contributed by atoms with E-state index < -0.39 is 241 Å². The molecule has 9 rings (SSSR count). The maximum atomic E-state index is 14.0. The first-order valence-electron chi connectivity index (χ1n) is 33.1. The van der Waals surface area contributed by atoms with Crippen LogP contribution in [0.2, 0.25) is 0 Å². The Morgan fingerprint density at radius 3 is 1.12 bits per heavy atom. The maximum absolute atomic E-state index is 14.0. The zero-order chi connectivity index (χ0) is 70.6. The lowest BCUT2D eigenvalue weighted by Crippen LogP contribution is -2.66. The summed E-state index contributed by atoms with van der Waals surface area (Å²) in [6.07, 6.45) is -37.8. The van der Waals surface area contributed by atoms with Crippen LogP contribution in [0.5, 0.6) is 0 Å². The average Bonchev–Trinajstić information content (AvgIpc) is 0.782. The number of hydrogen-bond acceptors (Lipinski definition) is 30. The van der Waals surface area contributed by atoms with Crippen LogP contribution in [0.3, 0.4) is 0 Å². The van der Waals surface area contributed by atoms with Crippen LogP contribution in [0.4, 0.5) is 0 Å². The number of benzene rings is 3. The lowest BCUT2D eigenvalue weighted by atomic mass is 9.83. The largest absolute Gasteiger partial charge is 0.469 e. The van der Waals surface area contributed by atoms with Crippen LogP contribution in [-0.4, -0.2) is 276 Å². The van der Waals surface area contributed by atoms with Crippen LogP contribution in [0.15, 0.2) is 91.0 Å². The molecule has 30 heteroatoms. The molecule has 30 atom stereocenters. The second-order valence-electron chi connectivity index (χ2n) is 25.8. The van der Waals surface area contributed by atoms with Crippen molar-refractivity contribution in [2.75, 3.05) is 53.4 Å². The van der Waals surface area contributed by atoms with E-state index in [9.17, 15) is 70.2 Å². The van der Waals surface area contributed by atoms with Crippen molar-refractivity contribution < 1.29 is 146 Å². The van der Waals surface area contributed by atoms with Gasteiger partial charge in [-0.1, -0.05) is 96.1 Å². The first-order chi connectivity index (χ1) is 47.0. The van der Waals surface area contributed by atoms with Crippen molar-refractivity contribution in [3.63, 3.8) is 0 Å². The van der Waals surface area contributed by atoms with E-state index in [0.29, 0.717) is 0 Å². The number of ether oxygens (including phenoxy) is 16. The summed E-state index contributed by atoms with van der Waals surface area (Å²) in [7, 11) is 1.20. The number of methoxy groups -OCH3 is 1. The monoisotopic (exact) mass is 1390 g/mol. The van der Waals surface area contributed by atoms with Crippen molar-refractivity contribution in [2.24, 2.45) is 35.5 Å². The fraction of sp³-hybridized carbons (Fsp3) is 0.676. The van der Waals surface area contributed by atoms with E-state index >= 15 is 0 Å². The van der Waals surface area contributed by atoms with E-state index in [0.717, 1.165) is 0 Å². The molecular formula is C68H94O30. The third-order valence-electron chi connectivity index (χ3n) is 19.7. The van der Waals surface area contributed by atoms with Gasteiger partial charge < -0.3 is 127 Å². The average molecular weight is 1390 g/mol. The summed E-state index contributed by atoms with van der Waals surface area (Å²) >= 11 is 0. The van der Waals surface area contributed by atoms with Crippen molar-refractivity contribution in [2.45, 2.75) is 202 Å². The molecule has 0 spiro atoms. The molecule has 0 amide bonds. The molecule has 10 N–H and O–H groups in total. The number of carbonyl (C=O) groups excluding carboxylic acids is 4. The number of esters is 4. The molecule has 0 bridgehead atoms. The van der Waals surface area contributed by atoms with Gasteiger partial charge in [-0.05, 0) is 60.6 Å². The van der Waals surface area contributed by atoms with Crippen molar-refractivity contribution in [3.05, 3.63) is 108 Å². The van der Waals surface area contributed by atoms with E-state index in [2.05, 4.69) is 0 Å². The van der Waals surface area contributed by atoms with Gasteiger partial charge in [-0.25, -0.2) is 14.4 Å². The summed E-state index contributed by atoms with van der Waals surface area (Å²) in [5, 5.41) is 113. The predicted molar refractivity (Wildman–Crippen MR) is 332 cm³/mol. The topological polar surface area (TPSA) is 418 Å². The van der Waals surface area contributed by atoms with Crippen LogP contribution >= 0.6 is 0 Å². The molecule has 6 heterocycles. The highest BCUT2D eigenvalue weighted by Gasteiger charge is 2.57. The highest BCUT2D eigenvalue weighted by atomic mass is 16.8. The fourth-order valence-corrected chi connectivity index (χ4v) is 12.9. The second kappa shape index (κ2) is 35.5. The fourth-order valence-electron chi connectivity index (χ4n) is 12.9. The second-order valence-corrected chi connectivity index (χ2v) is 25.8. The van der Waals surface area contributed by atoms with Gasteiger partial charge in [-0.3, -0.25) is 4.79 Å². The molecular weight excluding hydrogens is 1300 g/mol. The van der Waals surface area contributed by atoms with Crippen molar-refractivity contribution in [3.8, 4) is 0 Å². The Kier molecular flexibility index (Phi) is 27.8. The summed E-state index contributed by atoms with van der Waals surface area (Å²) in [5.41, 5.74) is 0.568. The van der Waals surface area contributed by atoms with Gasteiger partial charge in [-0.2, -0.15) is 0 Å². The van der Waals surface area contributed by atoms with Gasteiger partial charge in [0.2, 0.25) is 0 Å². The van der Waals surface area contributed by atoms with E-state index in [1.54, 1.807) is 108 Å². The summed E-state index contributed by atoms with van der Waals surface area (Å²) in [4.78, 5) is 53.3. The Balaban J connectivity index is 0.982. The SMILES string of the molecule is COC(=O)CCCO[C@@H]1OC(CO[C@H]2OC(CO[C@H]3OC(CO)[C@@H](O)[C@H](O)C3O[C@H]3OC(CO)[C@@H](C)[C@H](C)C3OC(=O)c3ccccc3)[C@@H](C)[C@H](C)C2OC(=O)c2ccccc2)[C@@H](O)[C@H](O[C@H]2OC(CO)[C@@H](O)[C@H](O)C2O[C@H]2OC(CO)[C@@H](C)[C@H](C)C2OC(=O)c2ccccc2)C1O. The standard InChI is InChI=1S/C68H94O30/c1-32-35(4)55(94-61(81)39-20-13-9-14-21-39)66(87-41(32)26-69)97-58-51(77)48(74)43(28-71)89-65(58)85-30-45-34(3)37(6)54(93-60(80)38-18-11-8-12-19-38)64(91-45)86-31-46-50(76)57(53(79)63(92-46)84-25-17-24-47(73)83-7)96-68-59(52(78)49(75)44(29-72)90-68)98-67-56(36(5)33(2)42(27-70)88-67)95-62(82)40-22-15-10-16-23-40/h8-16,18-23,32-37,41-46,48-59,63-72,74-79H,17,24-31H2,1-7H3/t32-,33-,34-,35-,36-,37-,41?,42?,43?,44?,45?,46?,48+,49+,50+,51-,52-,53?,54?,55?,56?,57-,58?,59?,63+,64-,65-,66+,67+,68+/m0/s1. The van der Waals surface area contributed by atoms with Gasteiger partial charge >= 0.3 is 23.9 Å². The maximum Gasteiger partial charge on any atom is 0.338 e. The van der Waals surface area contributed by atoms with Crippen LogP contribution in [0, 0.1) is 35.5 Å². The lowest BCUT2D eigenvalue weighted by Gasteiger charge is -2.49. The molecule has 12 unspecified atom stereocenters. The van der Waals surface area contributed by atoms with Gasteiger partial charge in [0.15, 0.2) is 56.1 Å². The van der Waals surface area contributed by atoms with Crippen LogP contribution < -0.4 is 0 Å². The van der Waals surface area contributed by atoms with E-state index in [1.165, 1.54) is 31.4 Å². The van der Waals surface area contributed by atoms with Crippen molar-refractivity contribution in [1.82, 2.24) is 0 Å². The Hall–Kier alpha value is -5.34. The molecule has 6 fully saturated rings. The highest BCUT2D eigenvalue weighted by molar-refractivity contribution is 5.90. The molecule has 0 radical (unpaired) electrons. The minimum absolute atomic E-state index is 0.0479. The molecule has 98 heavy (non-hydrogen) atoms. The van der Waals surface area contributed by atoms with Gasteiger partial charge in [0.1, 0.15) is 73.2 Å². The quantitative estimate of drug-likeness (QED) is 0.0275. The third kappa shape index (κ3) is 17.9. The number of aliphatic hydroxyl groups excluding tert-OH is 10. The van der Waals surface area contributed by atoms with Crippen molar-refractivity contribution >= 4 is 23.9 Å². The first-order valence-corrected chi connectivity index (χ1v) is 33.1. The molecule has 0 aromatic heterocycles. The van der Waals surface area contributed by atoms with E-state index in [1.807, 2.05) is 0 Å². The van der Waals surface area contributed by atoms with Crippen LogP contribution in [0.25, 0.3) is 0 Å². The summed E-state index contributed by atoms with van der Waals surface area (Å²) < 4.78 is 98.5. The number of rotatable bonds is 27.